The van der Waals surface area contributed by atoms with E-state index in [0.29, 0.717) is 16.6 Å². The molecule has 1 aromatic heterocycles. The number of hydrogen-bond donors (Lipinski definition) is 1. The van der Waals surface area contributed by atoms with Gasteiger partial charge in [0.25, 0.3) is 5.91 Å². The summed E-state index contributed by atoms with van der Waals surface area (Å²) >= 11 is 5.96. The van der Waals surface area contributed by atoms with E-state index in [4.69, 9.17) is 11.6 Å². The van der Waals surface area contributed by atoms with Gasteiger partial charge in [-0.1, -0.05) is 38.8 Å². The van der Waals surface area contributed by atoms with Crippen molar-refractivity contribution in [3.8, 4) is 0 Å². The summed E-state index contributed by atoms with van der Waals surface area (Å²) in [7, 11) is 0. The van der Waals surface area contributed by atoms with Crippen molar-refractivity contribution in [2.75, 3.05) is 0 Å². The summed E-state index contributed by atoms with van der Waals surface area (Å²) in [5.41, 5.74) is 1.47. The third-order valence-corrected chi connectivity index (χ3v) is 3.01. The zero-order chi connectivity index (χ0) is 14.4. The predicted molar refractivity (Wildman–Crippen MR) is 79.6 cm³/mol. The number of rotatable bonds is 6. The highest BCUT2D eigenvalue weighted by Crippen LogP contribution is 2.13. The summed E-state index contributed by atoms with van der Waals surface area (Å²) in [4.78, 5) is 16.4. The van der Waals surface area contributed by atoms with Gasteiger partial charge in [0.05, 0.1) is 0 Å². The first kappa shape index (κ1) is 16.0. The Kier molecular flexibility index (Phi) is 6.29. The average Bonchev–Trinajstić information content (AvgIpc) is 2.27. The van der Waals surface area contributed by atoms with Gasteiger partial charge < -0.3 is 5.32 Å². The number of hydrogen-bond acceptors (Lipinski definition) is 2. The van der Waals surface area contributed by atoms with E-state index in [2.05, 4.69) is 31.1 Å². The number of nitrogens with one attached hydrogen (secondary N) is 1. The molecule has 1 unspecified atom stereocenters. The molecular weight excluding hydrogens is 260 g/mol. The molecule has 1 amide bonds. The second kappa shape index (κ2) is 7.49. The van der Waals surface area contributed by atoms with Crippen LogP contribution in [0.25, 0.3) is 0 Å². The third kappa shape index (κ3) is 5.60. The Labute approximate surface area is 120 Å². The Morgan fingerprint density at radius 3 is 2.63 bits per heavy atom. The second-order valence-corrected chi connectivity index (χ2v) is 5.81. The van der Waals surface area contributed by atoms with Gasteiger partial charge in [-0.3, -0.25) is 4.79 Å². The standard InChI is InChI=1S/C15H23ClN2O/c1-5-6-13-8-12(9-14(16)18-13)15(19)17-11(4)7-10(2)3/h8-11H,5-7H2,1-4H3,(H,17,19). The molecule has 3 nitrogen and oxygen atoms in total. The monoisotopic (exact) mass is 282 g/mol. The van der Waals surface area contributed by atoms with Gasteiger partial charge in [-0.25, -0.2) is 4.98 Å². The van der Waals surface area contributed by atoms with Gasteiger partial charge in [-0.15, -0.1) is 0 Å². The fourth-order valence-electron chi connectivity index (χ4n) is 2.14. The molecule has 0 aromatic carbocycles. The summed E-state index contributed by atoms with van der Waals surface area (Å²) in [6, 6.07) is 3.61. The molecule has 0 saturated heterocycles. The molecule has 1 aromatic rings. The minimum atomic E-state index is -0.0743. The number of carbonyl (C=O) groups excluding carboxylic acids is 1. The highest BCUT2D eigenvalue weighted by atomic mass is 35.5. The summed E-state index contributed by atoms with van der Waals surface area (Å²) in [5, 5.41) is 3.38. The Bertz CT molecular complexity index is 432. The summed E-state index contributed by atoms with van der Waals surface area (Å²) in [6.07, 6.45) is 2.78. The SMILES string of the molecule is CCCc1cc(C(=O)NC(C)CC(C)C)cc(Cl)n1. The minimum absolute atomic E-state index is 0.0743. The molecule has 1 N–H and O–H groups in total. The lowest BCUT2D eigenvalue weighted by Crippen LogP contribution is -2.33. The first-order chi connectivity index (χ1) is 8.92. The van der Waals surface area contributed by atoms with E-state index >= 15 is 0 Å². The summed E-state index contributed by atoms with van der Waals surface area (Å²) in [6.45, 7) is 8.39. The molecule has 1 atom stereocenters. The van der Waals surface area contributed by atoms with Crippen LogP contribution in [0.15, 0.2) is 12.1 Å². The van der Waals surface area contributed by atoms with E-state index in [-0.39, 0.29) is 11.9 Å². The van der Waals surface area contributed by atoms with E-state index in [0.717, 1.165) is 25.0 Å². The van der Waals surface area contributed by atoms with E-state index in [9.17, 15) is 4.79 Å². The van der Waals surface area contributed by atoms with Crippen molar-refractivity contribution in [1.29, 1.82) is 0 Å². The zero-order valence-electron chi connectivity index (χ0n) is 12.2. The normalized spacial score (nSPS) is 12.5. The quantitative estimate of drug-likeness (QED) is 0.805. The van der Waals surface area contributed by atoms with Crippen LogP contribution >= 0.6 is 11.6 Å². The van der Waals surface area contributed by atoms with Gasteiger partial charge in [0, 0.05) is 17.3 Å². The number of nitrogens with zero attached hydrogens (tertiary/aromatic N) is 1. The molecule has 106 valence electrons. The molecule has 0 fully saturated rings. The van der Waals surface area contributed by atoms with Gasteiger partial charge in [0.2, 0.25) is 0 Å². The van der Waals surface area contributed by atoms with Crippen molar-refractivity contribution in [3.05, 3.63) is 28.5 Å². The fraction of sp³-hybridized carbons (Fsp3) is 0.600. The highest BCUT2D eigenvalue weighted by Gasteiger charge is 2.13. The zero-order valence-corrected chi connectivity index (χ0v) is 12.9. The van der Waals surface area contributed by atoms with Gasteiger partial charge in [0.1, 0.15) is 5.15 Å². The minimum Gasteiger partial charge on any atom is -0.350 e. The largest absolute Gasteiger partial charge is 0.350 e. The Morgan fingerprint density at radius 1 is 1.37 bits per heavy atom. The average molecular weight is 283 g/mol. The maximum Gasteiger partial charge on any atom is 0.251 e. The number of aromatic nitrogens is 1. The maximum absolute atomic E-state index is 12.1. The first-order valence-electron chi connectivity index (χ1n) is 6.89. The van der Waals surface area contributed by atoms with Crippen LogP contribution in [-0.2, 0) is 6.42 Å². The third-order valence-electron chi connectivity index (χ3n) is 2.82. The first-order valence-corrected chi connectivity index (χ1v) is 7.27. The molecule has 0 bridgehead atoms. The number of amides is 1. The van der Waals surface area contributed by atoms with Crippen molar-refractivity contribution in [2.45, 2.75) is 53.0 Å². The van der Waals surface area contributed by atoms with Crippen LogP contribution in [0.1, 0.15) is 56.6 Å². The lowest BCUT2D eigenvalue weighted by atomic mass is 10.0. The van der Waals surface area contributed by atoms with E-state index in [1.54, 1.807) is 6.07 Å². The fourth-order valence-corrected chi connectivity index (χ4v) is 2.37. The summed E-state index contributed by atoms with van der Waals surface area (Å²) in [5.74, 6) is 0.488. The Hall–Kier alpha value is -1.09. The van der Waals surface area contributed by atoms with Crippen LogP contribution in [0.3, 0.4) is 0 Å². The van der Waals surface area contributed by atoms with Crippen molar-refractivity contribution in [3.63, 3.8) is 0 Å². The second-order valence-electron chi connectivity index (χ2n) is 5.42. The summed E-state index contributed by atoms with van der Waals surface area (Å²) < 4.78 is 0. The van der Waals surface area contributed by atoms with Crippen molar-refractivity contribution >= 4 is 17.5 Å². The van der Waals surface area contributed by atoms with Crippen LogP contribution in [0.2, 0.25) is 5.15 Å². The molecule has 0 aliphatic heterocycles. The molecule has 0 spiro atoms. The van der Waals surface area contributed by atoms with Crippen molar-refractivity contribution < 1.29 is 4.79 Å². The smallest absolute Gasteiger partial charge is 0.251 e. The molecular formula is C15H23ClN2O. The number of pyridine rings is 1. The van der Waals surface area contributed by atoms with Gasteiger partial charge in [-0.2, -0.15) is 0 Å². The molecule has 4 heteroatoms. The van der Waals surface area contributed by atoms with Crippen LogP contribution in [0.5, 0.6) is 0 Å². The number of carbonyl (C=O) groups is 1. The lowest BCUT2D eigenvalue weighted by Gasteiger charge is -2.16. The molecule has 19 heavy (non-hydrogen) atoms. The van der Waals surface area contributed by atoms with Crippen LogP contribution in [-0.4, -0.2) is 16.9 Å². The lowest BCUT2D eigenvalue weighted by molar-refractivity contribution is 0.0936. The van der Waals surface area contributed by atoms with Crippen LogP contribution in [0.4, 0.5) is 0 Å². The van der Waals surface area contributed by atoms with E-state index in [1.165, 1.54) is 0 Å². The van der Waals surface area contributed by atoms with E-state index in [1.807, 2.05) is 13.0 Å². The topological polar surface area (TPSA) is 42.0 Å². The molecule has 1 rings (SSSR count). The van der Waals surface area contributed by atoms with Crippen molar-refractivity contribution in [1.82, 2.24) is 10.3 Å². The molecule has 0 aliphatic rings. The molecule has 1 heterocycles. The maximum atomic E-state index is 12.1. The molecule has 0 saturated carbocycles. The van der Waals surface area contributed by atoms with Crippen LogP contribution < -0.4 is 5.32 Å². The van der Waals surface area contributed by atoms with E-state index < -0.39 is 0 Å². The van der Waals surface area contributed by atoms with Gasteiger partial charge in [0.15, 0.2) is 0 Å². The van der Waals surface area contributed by atoms with Crippen molar-refractivity contribution in [2.24, 2.45) is 5.92 Å². The molecule has 0 aliphatic carbocycles. The molecule has 0 radical (unpaired) electrons. The Morgan fingerprint density at radius 2 is 2.05 bits per heavy atom. The highest BCUT2D eigenvalue weighted by molar-refractivity contribution is 6.29. The van der Waals surface area contributed by atoms with Crippen LogP contribution in [0, 0.1) is 5.92 Å². The predicted octanol–water partition coefficient (Wildman–Crippen LogP) is 3.85. The number of halogens is 1. The van der Waals surface area contributed by atoms with Gasteiger partial charge in [-0.05, 0) is 37.8 Å². The van der Waals surface area contributed by atoms with Gasteiger partial charge >= 0.3 is 0 Å². The Balaban J connectivity index is 2.76. The number of aryl methyl sites for hydroxylation is 1.